The van der Waals surface area contributed by atoms with Crippen LogP contribution in [0.25, 0.3) is 11.4 Å². The highest BCUT2D eigenvalue weighted by atomic mass is 19.1. The zero-order valence-electron chi connectivity index (χ0n) is 13.3. The van der Waals surface area contributed by atoms with E-state index in [1.54, 1.807) is 19.1 Å². The number of hydrogen-bond donors (Lipinski definition) is 0. The van der Waals surface area contributed by atoms with Gasteiger partial charge in [0, 0.05) is 11.8 Å². The Morgan fingerprint density at radius 1 is 1.24 bits per heavy atom. The summed E-state index contributed by atoms with van der Waals surface area (Å²) in [7, 11) is 0. The molecule has 0 atom stereocenters. The predicted molar refractivity (Wildman–Crippen MR) is 84.2 cm³/mol. The van der Waals surface area contributed by atoms with Crippen molar-refractivity contribution in [1.29, 1.82) is 0 Å². The second-order valence-electron chi connectivity index (χ2n) is 4.88. The molecule has 128 valence electrons. The molecule has 0 aliphatic heterocycles. The molecule has 0 aliphatic rings. The van der Waals surface area contributed by atoms with E-state index in [2.05, 4.69) is 15.1 Å². The number of ether oxygens (including phenoxy) is 2. The summed E-state index contributed by atoms with van der Waals surface area (Å²) in [6.07, 6.45) is 1.52. The summed E-state index contributed by atoms with van der Waals surface area (Å²) in [5, 5.41) is 3.78. The first-order valence-corrected chi connectivity index (χ1v) is 7.51. The van der Waals surface area contributed by atoms with Gasteiger partial charge in [-0.2, -0.15) is 4.98 Å². The van der Waals surface area contributed by atoms with Crippen LogP contribution in [0.5, 0.6) is 5.88 Å². The van der Waals surface area contributed by atoms with Gasteiger partial charge in [0.25, 0.3) is 5.89 Å². The summed E-state index contributed by atoms with van der Waals surface area (Å²) in [6.45, 7) is 1.97. The zero-order chi connectivity index (χ0) is 17.6. The topological polar surface area (TPSA) is 87.3 Å². The summed E-state index contributed by atoms with van der Waals surface area (Å²) in [4.78, 5) is 20.3. The van der Waals surface area contributed by atoms with Crippen molar-refractivity contribution < 1.29 is 23.2 Å². The predicted octanol–water partition coefficient (Wildman–Crippen LogP) is 3.03. The SMILES string of the molecule is CCOc1ncccc1C(=O)OCc1nc(-c2ccc(F)cc2)no1. The lowest BCUT2D eigenvalue weighted by molar-refractivity contribution is 0.0424. The Balaban J connectivity index is 1.66. The Hall–Kier alpha value is -3.29. The monoisotopic (exact) mass is 343 g/mol. The van der Waals surface area contributed by atoms with Crippen LogP contribution in [0.15, 0.2) is 47.1 Å². The van der Waals surface area contributed by atoms with Crippen molar-refractivity contribution in [3.8, 4) is 17.3 Å². The van der Waals surface area contributed by atoms with Crippen LogP contribution in [0.2, 0.25) is 0 Å². The van der Waals surface area contributed by atoms with E-state index in [-0.39, 0.29) is 35.6 Å². The van der Waals surface area contributed by atoms with Gasteiger partial charge in [0.05, 0.1) is 6.61 Å². The Bertz CT molecular complexity index is 864. The van der Waals surface area contributed by atoms with Gasteiger partial charge in [-0.3, -0.25) is 0 Å². The van der Waals surface area contributed by atoms with Crippen molar-refractivity contribution in [2.75, 3.05) is 6.61 Å². The van der Waals surface area contributed by atoms with Gasteiger partial charge in [0.15, 0.2) is 6.61 Å². The molecule has 0 fully saturated rings. The molecule has 0 aliphatic carbocycles. The van der Waals surface area contributed by atoms with Gasteiger partial charge in [0.1, 0.15) is 11.4 Å². The lowest BCUT2D eigenvalue weighted by Gasteiger charge is -2.07. The van der Waals surface area contributed by atoms with Gasteiger partial charge >= 0.3 is 5.97 Å². The fraction of sp³-hybridized carbons (Fsp3) is 0.176. The number of carbonyl (C=O) groups excluding carboxylic acids is 1. The van der Waals surface area contributed by atoms with Crippen LogP contribution in [-0.4, -0.2) is 27.7 Å². The first kappa shape index (κ1) is 16.6. The van der Waals surface area contributed by atoms with Crippen molar-refractivity contribution in [1.82, 2.24) is 15.1 Å². The Morgan fingerprint density at radius 3 is 2.80 bits per heavy atom. The molecule has 3 aromatic rings. The normalized spacial score (nSPS) is 10.5. The third kappa shape index (κ3) is 3.97. The minimum absolute atomic E-state index is 0.120. The maximum atomic E-state index is 12.9. The minimum atomic E-state index is -0.613. The van der Waals surface area contributed by atoms with Crippen LogP contribution in [0.3, 0.4) is 0 Å². The Morgan fingerprint density at radius 2 is 2.04 bits per heavy atom. The third-order valence-corrected chi connectivity index (χ3v) is 3.17. The summed E-state index contributed by atoms with van der Waals surface area (Å²) >= 11 is 0. The zero-order valence-corrected chi connectivity index (χ0v) is 13.3. The molecule has 3 rings (SSSR count). The molecule has 0 amide bonds. The number of carbonyl (C=O) groups is 1. The van der Waals surface area contributed by atoms with Crippen LogP contribution in [0.4, 0.5) is 4.39 Å². The molecule has 25 heavy (non-hydrogen) atoms. The maximum Gasteiger partial charge on any atom is 0.344 e. The van der Waals surface area contributed by atoms with E-state index < -0.39 is 5.97 Å². The molecule has 8 heteroatoms. The molecule has 2 aromatic heterocycles. The molecule has 0 N–H and O–H groups in total. The highest BCUT2D eigenvalue weighted by Gasteiger charge is 2.17. The van der Waals surface area contributed by atoms with Crippen LogP contribution < -0.4 is 4.74 Å². The van der Waals surface area contributed by atoms with Crippen LogP contribution in [-0.2, 0) is 11.3 Å². The van der Waals surface area contributed by atoms with Crippen molar-refractivity contribution >= 4 is 5.97 Å². The molecule has 0 radical (unpaired) electrons. The van der Waals surface area contributed by atoms with E-state index in [1.165, 1.54) is 30.5 Å². The van der Waals surface area contributed by atoms with Crippen molar-refractivity contribution in [3.05, 3.63) is 59.9 Å². The van der Waals surface area contributed by atoms with E-state index in [0.29, 0.717) is 12.2 Å². The maximum absolute atomic E-state index is 12.9. The molecule has 0 saturated heterocycles. The van der Waals surface area contributed by atoms with Crippen LogP contribution in [0.1, 0.15) is 23.2 Å². The molecule has 7 nitrogen and oxygen atoms in total. The average molecular weight is 343 g/mol. The van der Waals surface area contributed by atoms with Crippen molar-refractivity contribution in [2.45, 2.75) is 13.5 Å². The summed E-state index contributed by atoms with van der Waals surface area (Å²) in [5.74, 6) is -0.370. The van der Waals surface area contributed by atoms with Crippen LogP contribution >= 0.6 is 0 Å². The summed E-state index contributed by atoms with van der Waals surface area (Å²) in [5.41, 5.74) is 0.802. The number of halogens is 1. The number of esters is 1. The first-order chi connectivity index (χ1) is 12.2. The van der Waals surface area contributed by atoms with E-state index in [9.17, 15) is 9.18 Å². The highest BCUT2D eigenvalue weighted by molar-refractivity contribution is 5.91. The van der Waals surface area contributed by atoms with E-state index in [0.717, 1.165) is 0 Å². The average Bonchev–Trinajstić information content (AvgIpc) is 3.10. The standard InChI is InChI=1S/C17H14FN3O4/c1-2-23-16-13(4-3-9-19-16)17(22)24-10-14-20-15(21-25-14)11-5-7-12(18)8-6-11/h3-9H,2,10H2,1H3. The largest absolute Gasteiger partial charge is 0.477 e. The molecular formula is C17H14FN3O4. The van der Waals surface area contributed by atoms with Gasteiger partial charge in [-0.15, -0.1) is 0 Å². The smallest absolute Gasteiger partial charge is 0.344 e. The first-order valence-electron chi connectivity index (χ1n) is 7.51. The Kier molecular flexibility index (Phi) is 4.98. The third-order valence-electron chi connectivity index (χ3n) is 3.17. The number of benzene rings is 1. The molecule has 1 aromatic carbocycles. The number of aromatic nitrogens is 3. The van der Waals surface area contributed by atoms with E-state index in [4.69, 9.17) is 14.0 Å². The lowest BCUT2D eigenvalue weighted by Crippen LogP contribution is -2.09. The number of rotatable bonds is 6. The van der Waals surface area contributed by atoms with Gasteiger partial charge in [-0.1, -0.05) is 5.16 Å². The minimum Gasteiger partial charge on any atom is -0.477 e. The summed E-state index contributed by atoms with van der Waals surface area (Å²) in [6, 6.07) is 8.81. The molecule has 0 bridgehead atoms. The highest BCUT2D eigenvalue weighted by Crippen LogP contribution is 2.18. The number of nitrogens with zero attached hydrogens (tertiary/aromatic N) is 3. The number of hydrogen-bond acceptors (Lipinski definition) is 7. The van der Waals surface area contributed by atoms with E-state index in [1.807, 2.05) is 0 Å². The van der Waals surface area contributed by atoms with Gasteiger partial charge in [-0.05, 0) is 43.3 Å². The number of pyridine rings is 1. The second kappa shape index (κ2) is 7.52. The van der Waals surface area contributed by atoms with Crippen molar-refractivity contribution in [2.24, 2.45) is 0 Å². The molecule has 0 unspecified atom stereocenters. The molecule has 0 saturated carbocycles. The molecule has 0 spiro atoms. The second-order valence-corrected chi connectivity index (χ2v) is 4.88. The fourth-order valence-corrected chi connectivity index (χ4v) is 2.03. The Labute approximate surface area is 142 Å². The fourth-order valence-electron chi connectivity index (χ4n) is 2.03. The summed E-state index contributed by atoms with van der Waals surface area (Å²) < 4.78 is 28.4. The van der Waals surface area contributed by atoms with Gasteiger partial charge in [-0.25, -0.2) is 14.2 Å². The van der Waals surface area contributed by atoms with Crippen molar-refractivity contribution in [3.63, 3.8) is 0 Å². The molecular weight excluding hydrogens is 329 g/mol. The molecule has 2 heterocycles. The van der Waals surface area contributed by atoms with Gasteiger partial charge in [0.2, 0.25) is 11.7 Å². The quantitative estimate of drug-likeness (QED) is 0.636. The van der Waals surface area contributed by atoms with Crippen LogP contribution in [0, 0.1) is 5.82 Å². The van der Waals surface area contributed by atoms with Gasteiger partial charge < -0.3 is 14.0 Å². The lowest BCUT2D eigenvalue weighted by atomic mass is 10.2. The van der Waals surface area contributed by atoms with E-state index >= 15 is 0 Å².